The number of rotatable bonds is 6. The number of nitro benzene ring substituents is 2. The van der Waals surface area contributed by atoms with E-state index in [9.17, 15) is 53.6 Å². The Bertz CT molecular complexity index is 1060. The Morgan fingerprint density at radius 2 is 1.31 bits per heavy atom. The van der Waals surface area contributed by atoms with E-state index in [2.05, 4.69) is 4.98 Å². The molecule has 2 rings (SSSR count). The van der Waals surface area contributed by atoms with E-state index in [-0.39, 0.29) is 12.1 Å². The summed E-state index contributed by atoms with van der Waals surface area (Å²) >= 11 is 0. The van der Waals surface area contributed by atoms with Crippen LogP contribution >= 0.6 is 0 Å². The first-order valence-electron chi connectivity index (χ1n) is 6.92. The zero-order valence-electron chi connectivity index (χ0n) is 13.4. The number of benzene rings is 1. The highest BCUT2D eigenvalue weighted by Crippen LogP contribution is 2.44. The lowest BCUT2D eigenvalue weighted by Gasteiger charge is -2.14. The maximum Gasteiger partial charge on any atom is 0.418 e. The van der Waals surface area contributed by atoms with Gasteiger partial charge in [-0.15, -0.1) is 0 Å². The van der Waals surface area contributed by atoms with Crippen molar-refractivity contribution in [3.8, 4) is 0 Å². The summed E-state index contributed by atoms with van der Waals surface area (Å²) in [6.07, 6.45) is -4.87. The molecule has 1 aromatic carbocycles. The summed E-state index contributed by atoms with van der Waals surface area (Å²) in [4.78, 5) is 42.1. The van der Waals surface area contributed by atoms with Gasteiger partial charge in [0.2, 0.25) is 5.82 Å². The van der Waals surface area contributed by atoms with Crippen LogP contribution in [0.25, 0.3) is 0 Å². The van der Waals surface area contributed by atoms with Crippen LogP contribution in [0.15, 0.2) is 24.4 Å². The van der Waals surface area contributed by atoms with Crippen LogP contribution in [-0.2, 0) is 6.18 Å². The predicted octanol–water partition coefficient (Wildman–Crippen LogP) is 3.48. The quantitative estimate of drug-likeness (QED) is 0.535. The van der Waals surface area contributed by atoms with Gasteiger partial charge in [-0.3, -0.25) is 40.5 Å². The fourth-order valence-electron chi connectivity index (χ4n) is 2.11. The van der Waals surface area contributed by atoms with Crippen molar-refractivity contribution in [3.05, 3.63) is 70.4 Å². The lowest BCUT2D eigenvalue weighted by atomic mass is 10.1. The minimum atomic E-state index is -5.34. The Kier molecular flexibility index (Phi) is 5.24. The first-order valence-corrected chi connectivity index (χ1v) is 6.92. The number of nitrogens with one attached hydrogen (secondary N) is 1. The summed E-state index contributed by atoms with van der Waals surface area (Å²) in [5.41, 5.74) is -7.91. The van der Waals surface area contributed by atoms with Crippen LogP contribution in [0.2, 0.25) is 0 Å². The Balaban J connectivity index is 2.78. The van der Waals surface area contributed by atoms with E-state index < -0.39 is 65.7 Å². The predicted molar refractivity (Wildman–Crippen MR) is 85.6 cm³/mol. The van der Waals surface area contributed by atoms with Crippen molar-refractivity contribution in [2.75, 3.05) is 5.32 Å². The number of nitro groups is 4. The Morgan fingerprint density at radius 3 is 1.76 bits per heavy atom. The van der Waals surface area contributed by atoms with Gasteiger partial charge < -0.3 is 5.32 Å². The molecular formula is C12H5F3N6O8. The van der Waals surface area contributed by atoms with E-state index >= 15 is 0 Å². The van der Waals surface area contributed by atoms with Gasteiger partial charge in [0.1, 0.15) is 11.9 Å². The van der Waals surface area contributed by atoms with Gasteiger partial charge in [-0.05, 0) is 0 Å². The van der Waals surface area contributed by atoms with Gasteiger partial charge in [0, 0.05) is 6.07 Å². The molecule has 14 nitrogen and oxygen atoms in total. The molecule has 0 atom stereocenters. The third-order valence-corrected chi connectivity index (χ3v) is 3.32. The summed E-state index contributed by atoms with van der Waals surface area (Å²) in [7, 11) is 0. The minimum Gasteiger partial charge on any atom is -0.328 e. The van der Waals surface area contributed by atoms with Gasteiger partial charge in [0.15, 0.2) is 0 Å². The van der Waals surface area contributed by atoms with Crippen molar-refractivity contribution in [2.24, 2.45) is 0 Å². The van der Waals surface area contributed by atoms with Crippen LogP contribution in [0.1, 0.15) is 5.56 Å². The van der Waals surface area contributed by atoms with Crippen LogP contribution in [-0.4, -0.2) is 24.7 Å². The van der Waals surface area contributed by atoms with Crippen LogP contribution in [0.5, 0.6) is 0 Å². The van der Waals surface area contributed by atoms with E-state index in [0.29, 0.717) is 12.3 Å². The topological polar surface area (TPSA) is 197 Å². The minimum absolute atomic E-state index is 0.00738. The second kappa shape index (κ2) is 7.29. The number of hydrogen-bond donors (Lipinski definition) is 1. The number of aromatic nitrogens is 1. The lowest BCUT2D eigenvalue weighted by Crippen LogP contribution is -2.13. The number of hydrogen-bond acceptors (Lipinski definition) is 10. The normalized spacial score (nSPS) is 11.0. The van der Waals surface area contributed by atoms with Crippen LogP contribution < -0.4 is 5.32 Å². The second-order valence-electron chi connectivity index (χ2n) is 5.10. The number of anilines is 2. The van der Waals surface area contributed by atoms with Gasteiger partial charge in [-0.25, -0.2) is 4.98 Å². The average molecular weight is 418 g/mol. The fraction of sp³-hybridized carbons (Fsp3) is 0.0833. The largest absolute Gasteiger partial charge is 0.418 e. The maximum atomic E-state index is 13.3. The van der Waals surface area contributed by atoms with E-state index in [0.717, 1.165) is 0 Å². The summed E-state index contributed by atoms with van der Waals surface area (Å²) in [5.74, 6) is -0.983. The van der Waals surface area contributed by atoms with Crippen molar-refractivity contribution in [1.29, 1.82) is 0 Å². The van der Waals surface area contributed by atoms with Gasteiger partial charge in [-0.1, -0.05) is 0 Å². The van der Waals surface area contributed by atoms with Crippen LogP contribution in [0.3, 0.4) is 0 Å². The van der Waals surface area contributed by atoms with Crippen LogP contribution in [0, 0.1) is 40.5 Å². The molecular weight excluding hydrogens is 413 g/mol. The molecule has 1 N–H and O–H groups in total. The maximum absolute atomic E-state index is 13.3. The molecule has 1 aromatic heterocycles. The molecule has 0 radical (unpaired) electrons. The smallest absolute Gasteiger partial charge is 0.328 e. The van der Waals surface area contributed by atoms with E-state index in [1.807, 2.05) is 0 Å². The fourth-order valence-corrected chi connectivity index (χ4v) is 2.11. The van der Waals surface area contributed by atoms with Gasteiger partial charge in [0.05, 0.1) is 37.4 Å². The highest BCUT2D eigenvalue weighted by Gasteiger charge is 2.40. The second-order valence-corrected chi connectivity index (χ2v) is 5.10. The van der Waals surface area contributed by atoms with Gasteiger partial charge in [0.25, 0.3) is 17.1 Å². The summed E-state index contributed by atoms with van der Waals surface area (Å²) in [6, 6.07) is 0.584. The van der Waals surface area contributed by atoms with E-state index in [1.165, 1.54) is 0 Å². The standard InChI is InChI=1S/C12H5F3N6O8/c13-12(14,15)7-1-5(18(22)23)2-8(20(26)27)10(7)17-11-9(21(28)29)3-6(4-16-11)19(24)25/h1-4H,(H,16,17). The van der Waals surface area contributed by atoms with Crippen molar-refractivity contribution in [3.63, 3.8) is 0 Å². The third kappa shape index (κ3) is 4.28. The van der Waals surface area contributed by atoms with Crippen molar-refractivity contribution in [1.82, 2.24) is 4.98 Å². The van der Waals surface area contributed by atoms with Gasteiger partial charge in [-0.2, -0.15) is 13.2 Å². The number of halogens is 3. The van der Waals surface area contributed by atoms with E-state index in [4.69, 9.17) is 0 Å². The van der Waals surface area contributed by atoms with Gasteiger partial charge >= 0.3 is 11.9 Å². The first kappa shape index (κ1) is 20.9. The van der Waals surface area contributed by atoms with Crippen LogP contribution in [0.4, 0.5) is 47.4 Å². The monoisotopic (exact) mass is 418 g/mol. The molecule has 0 spiro atoms. The SMILES string of the molecule is O=[N+]([O-])c1cnc(Nc2c([N+](=O)[O-])cc([N+](=O)[O-])cc2C(F)(F)F)c([N+](=O)[O-])c1. The molecule has 0 fully saturated rings. The molecule has 0 unspecified atom stereocenters. The zero-order chi connectivity index (χ0) is 22.1. The molecule has 0 saturated heterocycles. The number of non-ortho nitro benzene ring substituents is 1. The molecule has 1 heterocycles. The molecule has 2 aromatic rings. The van der Waals surface area contributed by atoms with E-state index in [1.54, 1.807) is 5.32 Å². The Labute approximate surface area is 155 Å². The molecule has 0 bridgehead atoms. The molecule has 0 aliphatic rings. The van der Waals surface area contributed by atoms with Crippen molar-refractivity contribution >= 4 is 34.3 Å². The molecule has 0 aliphatic carbocycles. The Morgan fingerprint density at radius 1 is 0.793 bits per heavy atom. The number of nitrogens with zero attached hydrogens (tertiary/aromatic N) is 5. The van der Waals surface area contributed by atoms with Crippen molar-refractivity contribution in [2.45, 2.75) is 6.18 Å². The molecule has 29 heavy (non-hydrogen) atoms. The molecule has 0 amide bonds. The number of alkyl halides is 3. The highest BCUT2D eigenvalue weighted by atomic mass is 19.4. The van der Waals surface area contributed by atoms with Crippen molar-refractivity contribution < 1.29 is 32.9 Å². The lowest BCUT2D eigenvalue weighted by molar-refractivity contribution is -0.394. The third-order valence-electron chi connectivity index (χ3n) is 3.32. The first-order chi connectivity index (χ1) is 13.3. The molecule has 0 saturated carbocycles. The average Bonchev–Trinajstić information content (AvgIpc) is 2.60. The molecule has 17 heteroatoms. The molecule has 152 valence electrons. The summed E-state index contributed by atoms with van der Waals surface area (Å²) < 4.78 is 40.0. The molecule has 0 aliphatic heterocycles. The summed E-state index contributed by atoms with van der Waals surface area (Å²) in [6.45, 7) is 0. The zero-order valence-corrected chi connectivity index (χ0v) is 13.4. The highest BCUT2D eigenvalue weighted by molar-refractivity contribution is 5.78. The number of pyridine rings is 1. The summed E-state index contributed by atoms with van der Waals surface area (Å²) in [5, 5.41) is 45.5. The Hall–Kier alpha value is -4.44.